The van der Waals surface area contributed by atoms with Crippen LogP contribution in [0.25, 0.3) is 0 Å². The average molecular weight is 269 g/mol. The molecule has 0 radical (unpaired) electrons. The lowest BCUT2D eigenvalue weighted by atomic mass is 9.97. The van der Waals surface area contributed by atoms with Gasteiger partial charge in [0.1, 0.15) is 5.75 Å². The summed E-state index contributed by atoms with van der Waals surface area (Å²) in [6, 6.07) is 11.9. The third-order valence-corrected chi connectivity index (χ3v) is 3.83. The minimum absolute atomic E-state index is 0.171. The van der Waals surface area contributed by atoms with Gasteiger partial charge < -0.3 is 19.9 Å². The predicted molar refractivity (Wildman–Crippen MR) is 74.2 cm³/mol. The molecule has 4 rings (SSSR count). The van der Waals surface area contributed by atoms with Crippen molar-refractivity contribution in [1.29, 1.82) is 0 Å². The summed E-state index contributed by atoms with van der Waals surface area (Å²) in [6.45, 7) is 1.04. The number of ether oxygens (including phenoxy) is 3. The van der Waals surface area contributed by atoms with Crippen molar-refractivity contribution in [1.82, 2.24) is 0 Å². The lowest BCUT2D eigenvalue weighted by Gasteiger charge is -2.14. The molecule has 2 aliphatic heterocycles. The Morgan fingerprint density at radius 2 is 1.60 bits per heavy atom. The van der Waals surface area contributed by atoms with E-state index < -0.39 is 0 Å². The Bertz CT molecular complexity index is 611. The van der Waals surface area contributed by atoms with E-state index in [0.29, 0.717) is 0 Å². The maximum atomic E-state index is 6.37. The van der Waals surface area contributed by atoms with Gasteiger partial charge in [-0.25, -0.2) is 0 Å². The molecule has 102 valence electrons. The zero-order valence-corrected chi connectivity index (χ0v) is 11.0. The Hall–Kier alpha value is -2.20. The fourth-order valence-electron chi connectivity index (χ4n) is 2.70. The Kier molecular flexibility index (Phi) is 2.57. The fourth-order valence-corrected chi connectivity index (χ4v) is 2.70. The molecule has 0 fully saturated rings. The molecule has 0 saturated carbocycles. The minimum atomic E-state index is -0.171. The van der Waals surface area contributed by atoms with Gasteiger partial charge in [0.25, 0.3) is 0 Å². The quantitative estimate of drug-likeness (QED) is 0.909. The number of rotatable bonds is 2. The Balaban J connectivity index is 1.68. The summed E-state index contributed by atoms with van der Waals surface area (Å²) in [5.41, 5.74) is 9.71. The van der Waals surface area contributed by atoms with Gasteiger partial charge in [0.05, 0.1) is 12.6 Å². The highest BCUT2D eigenvalue weighted by Crippen LogP contribution is 2.36. The topological polar surface area (TPSA) is 53.7 Å². The Labute approximate surface area is 117 Å². The minimum Gasteiger partial charge on any atom is -0.493 e. The van der Waals surface area contributed by atoms with Crippen LogP contribution in [0.2, 0.25) is 0 Å². The number of hydrogen-bond donors (Lipinski definition) is 1. The van der Waals surface area contributed by atoms with Crippen LogP contribution >= 0.6 is 0 Å². The summed E-state index contributed by atoms with van der Waals surface area (Å²) in [4.78, 5) is 0. The Morgan fingerprint density at radius 1 is 0.850 bits per heavy atom. The van der Waals surface area contributed by atoms with Crippen molar-refractivity contribution in [3.05, 3.63) is 53.1 Å². The standard InChI is InChI=1S/C16H15NO3/c17-16(11-1-3-13-10(7-11)5-6-18-13)12-2-4-14-15(8-12)20-9-19-14/h1-4,7-8,16H,5-6,9,17H2. The summed E-state index contributed by atoms with van der Waals surface area (Å²) < 4.78 is 16.2. The Morgan fingerprint density at radius 3 is 2.50 bits per heavy atom. The molecule has 0 bridgehead atoms. The van der Waals surface area contributed by atoms with Crippen molar-refractivity contribution in [3.63, 3.8) is 0 Å². The van der Waals surface area contributed by atoms with Crippen molar-refractivity contribution < 1.29 is 14.2 Å². The molecular weight excluding hydrogens is 254 g/mol. The van der Waals surface area contributed by atoms with Crippen LogP contribution in [0, 0.1) is 0 Å². The van der Waals surface area contributed by atoms with Crippen LogP contribution in [0.1, 0.15) is 22.7 Å². The van der Waals surface area contributed by atoms with E-state index in [4.69, 9.17) is 19.9 Å². The highest BCUT2D eigenvalue weighted by atomic mass is 16.7. The molecular formula is C16H15NO3. The van der Waals surface area contributed by atoms with E-state index in [9.17, 15) is 0 Å². The number of hydrogen-bond acceptors (Lipinski definition) is 4. The molecule has 2 aliphatic rings. The molecule has 0 saturated heterocycles. The first kappa shape index (κ1) is 11.6. The first-order valence-corrected chi connectivity index (χ1v) is 6.72. The van der Waals surface area contributed by atoms with Crippen LogP contribution in [-0.2, 0) is 6.42 Å². The first-order valence-electron chi connectivity index (χ1n) is 6.72. The molecule has 20 heavy (non-hydrogen) atoms. The second kappa shape index (κ2) is 4.42. The van der Waals surface area contributed by atoms with Gasteiger partial charge in [-0.3, -0.25) is 0 Å². The third kappa shape index (κ3) is 1.80. The monoisotopic (exact) mass is 269 g/mol. The lowest BCUT2D eigenvalue weighted by molar-refractivity contribution is 0.174. The average Bonchev–Trinajstić information content (AvgIpc) is 3.13. The smallest absolute Gasteiger partial charge is 0.231 e. The van der Waals surface area contributed by atoms with Crippen molar-refractivity contribution in [2.45, 2.75) is 12.5 Å². The summed E-state index contributed by atoms with van der Waals surface area (Å²) in [5, 5.41) is 0. The van der Waals surface area contributed by atoms with Gasteiger partial charge in [-0.15, -0.1) is 0 Å². The molecule has 1 atom stereocenters. The van der Waals surface area contributed by atoms with E-state index >= 15 is 0 Å². The van der Waals surface area contributed by atoms with Gasteiger partial charge in [-0.2, -0.15) is 0 Å². The molecule has 4 heteroatoms. The van der Waals surface area contributed by atoms with Crippen LogP contribution in [-0.4, -0.2) is 13.4 Å². The van der Waals surface area contributed by atoms with Gasteiger partial charge in [0.2, 0.25) is 6.79 Å². The lowest BCUT2D eigenvalue weighted by Crippen LogP contribution is -2.11. The first-order chi connectivity index (χ1) is 9.81. The molecule has 0 aromatic heterocycles. The molecule has 2 heterocycles. The zero-order chi connectivity index (χ0) is 13.5. The van der Waals surface area contributed by atoms with E-state index in [1.165, 1.54) is 5.56 Å². The van der Waals surface area contributed by atoms with E-state index in [0.717, 1.165) is 41.4 Å². The maximum Gasteiger partial charge on any atom is 0.231 e. The molecule has 1 unspecified atom stereocenters. The molecule has 2 aromatic carbocycles. The van der Waals surface area contributed by atoms with Gasteiger partial charge in [-0.05, 0) is 34.9 Å². The van der Waals surface area contributed by atoms with E-state index in [2.05, 4.69) is 6.07 Å². The van der Waals surface area contributed by atoms with Crippen molar-refractivity contribution in [2.24, 2.45) is 5.73 Å². The molecule has 2 N–H and O–H groups in total. The second-order valence-corrected chi connectivity index (χ2v) is 5.06. The number of nitrogens with two attached hydrogens (primary N) is 1. The van der Waals surface area contributed by atoms with E-state index in [-0.39, 0.29) is 12.8 Å². The summed E-state index contributed by atoms with van der Waals surface area (Å²) in [5.74, 6) is 2.53. The summed E-state index contributed by atoms with van der Waals surface area (Å²) in [6.07, 6.45) is 0.955. The number of benzene rings is 2. The largest absolute Gasteiger partial charge is 0.493 e. The van der Waals surface area contributed by atoms with Crippen molar-refractivity contribution in [2.75, 3.05) is 13.4 Å². The predicted octanol–water partition coefficient (Wildman–Crippen LogP) is 2.40. The van der Waals surface area contributed by atoms with Crippen molar-refractivity contribution in [3.8, 4) is 17.2 Å². The number of fused-ring (bicyclic) bond motifs is 2. The molecule has 4 nitrogen and oxygen atoms in total. The summed E-state index contributed by atoms with van der Waals surface area (Å²) in [7, 11) is 0. The van der Waals surface area contributed by atoms with Crippen LogP contribution in [0.5, 0.6) is 17.2 Å². The normalized spacial score (nSPS) is 16.6. The highest BCUT2D eigenvalue weighted by Gasteiger charge is 2.19. The van der Waals surface area contributed by atoms with Crippen molar-refractivity contribution >= 4 is 0 Å². The maximum absolute atomic E-state index is 6.37. The molecule has 0 amide bonds. The van der Waals surface area contributed by atoms with Crippen LogP contribution in [0.3, 0.4) is 0 Å². The SMILES string of the molecule is NC(c1ccc2c(c1)CCO2)c1ccc2c(c1)OCO2. The third-order valence-electron chi connectivity index (χ3n) is 3.83. The second-order valence-electron chi connectivity index (χ2n) is 5.06. The zero-order valence-electron chi connectivity index (χ0n) is 11.0. The van der Waals surface area contributed by atoms with Gasteiger partial charge in [0.15, 0.2) is 11.5 Å². The van der Waals surface area contributed by atoms with Crippen LogP contribution in [0.15, 0.2) is 36.4 Å². The fraction of sp³-hybridized carbons (Fsp3) is 0.250. The molecule has 2 aromatic rings. The van der Waals surface area contributed by atoms with E-state index in [1.807, 2.05) is 30.3 Å². The van der Waals surface area contributed by atoms with Crippen LogP contribution in [0.4, 0.5) is 0 Å². The molecule has 0 aliphatic carbocycles. The van der Waals surface area contributed by atoms with Crippen LogP contribution < -0.4 is 19.9 Å². The molecule has 0 spiro atoms. The summed E-state index contributed by atoms with van der Waals surface area (Å²) >= 11 is 0. The van der Waals surface area contributed by atoms with E-state index in [1.54, 1.807) is 0 Å². The van der Waals surface area contributed by atoms with Gasteiger partial charge in [-0.1, -0.05) is 18.2 Å². The highest BCUT2D eigenvalue weighted by molar-refractivity contribution is 5.48. The van der Waals surface area contributed by atoms with Gasteiger partial charge in [0, 0.05) is 6.42 Å². The van der Waals surface area contributed by atoms with Gasteiger partial charge >= 0.3 is 0 Å².